The van der Waals surface area contributed by atoms with E-state index >= 15 is 0 Å². The zero-order chi connectivity index (χ0) is 52.9. The zero-order valence-electron chi connectivity index (χ0n) is 47.1. The second-order valence-electron chi connectivity index (χ2n) is 19.2. The van der Waals surface area contributed by atoms with Crippen LogP contribution in [0.25, 0.3) is 0 Å². The minimum atomic E-state index is -0.839. The van der Waals surface area contributed by atoms with Gasteiger partial charge in [0, 0.05) is 19.3 Å². The lowest BCUT2D eigenvalue weighted by molar-refractivity contribution is -0.166. The average molecular weight is 1010 g/mol. The number of hydrogen-bond acceptors (Lipinski definition) is 6. The van der Waals surface area contributed by atoms with Crippen LogP contribution in [0.3, 0.4) is 0 Å². The van der Waals surface area contributed by atoms with Crippen molar-refractivity contribution in [2.75, 3.05) is 13.2 Å². The summed E-state index contributed by atoms with van der Waals surface area (Å²) in [7, 11) is 0. The Hall–Kier alpha value is -4.45. The molecule has 6 nitrogen and oxygen atoms in total. The Labute approximate surface area is 449 Å². The minimum absolute atomic E-state index is 0.135. The molecule has 0 rings (SSSR count). The molecule has 0 saturated carbocycles. The summed E-state index contributed by atoms with van der Waals surface area (Å²) < 4.78 is 16.8. The summed E-state index contributed by atoms with van der Waals surface area (Å²) in [4.78, 5) is 38.2. The van der Waals surface area contributed by atoms with Crippen molar-refractivity contribution in [3.8, 4) is 0 Å². The Morgan fingerprint density at radius 3 is 1.00 bits per heavy atom. The van der Waals surface area contributed by atoms with Crippen LogP contribution in [-0.4, -0.2) is 37.2 Å². The number of carbonyl (C=O) groups excluding carboxylic acids is 3. The van der Waals surface area contributed by atoms with E-state index in [0.29, 0.717) is 19.3 Å². The Kier molecular flexibility index (Phi) is 56.4. The van der Waals surface area contributed by atoms with Crippen LogP contribution in [0, 0.1) is 0 Å². The highest BCUT2D eigenvalue weighted by atomic mass is 16.6. The molecule has 0 saturated heterocycles. The normalized spacial score (nSPS) is 13.1. The SMILES string of the molecule is CC/C=C\C/C=C\C/C=C\C/C=C\C/C=C\C/C=C\CCC(=O)OCC(COC(=O)CCC/C=C\C/C=C\C/C=C\C/C=C\CCCCC)OC(=O)CCCCCCCCC/C=C\CCCCCCCCCC. The average Bonchev–Trinajstić information content (AvgIpc) is 3.39. The molecule has 0 spiro atoms. The highest BCUT2D eigenvalue weighted by Crippen LogP contribution is 2.14. The van der Waals surface area contributed by atoms with E-state index in [2.05, 4.69) is 142 Å². The second kappa shape index (κ2) is 60.1. The first kappa shape index (κ1) is 68.6. The molecule has 6 heteroatoms. The van der Waals surface area contributed by atoms with E-state index in [0.717, 1.165) is 83.5 Å². The number of esters is 3. The third kappa shape index (κ3) is 58.3. The number of rotatable bonds is 52. The van der Waals surface area contributed by atoms with Gasteiger partial charge in [-0.15, -0.1) is 0 Å². The maximum absolute atomic E-state index is 12.9. The van der Waals surface area contributed by atoms with Crippen LogP contribution in [-0.2, 0) is 28.6 Å². The van der Waals surface area contributed by atoms with E-state index in [-0.39, 0.29) is 44.0 Å². The Morgan fingerprint density at radius 1 is 0.288 bits per heavy atom. The Bertz CT molecular complexity index is 1580. The van der Waals surface area contributed by atoms with E-state index < -0.39 is 6.10 Å². The predicted octanol–water partition coefficient (Wildman–Crippen LogP) is 20.2. The van der Waals surface area contributed by atoms with Gasteiger partial charge in [0.25, 0.3) is 0 Å². The van der Waals surface area contributed by atoms with Crippen LogP contribution in [0.4, 0.5) is 0 Å². The van der Waals surface area contributed by atoms with Crippen molar-refractivity contribution in [3.05, 3.63) is 134 Å². The van der Waals surface area contributed by atoms with Gasteiger partial charge in [0.05, 0.1) is 0 Å². The van der Waals surface area contributed by atoms with Crippen molar-refractivity contribution in [2.45, 2.75) is 258 Å². The first-order chi connectivity index (χ1) is 36.0. The van der Waals surface area contributed by atoms with Crippen molar-refractivity contribution in [3.63, 3.8) is 0 Å². The summed E-state index contributed by atoms with van der Waals surface area (Å²) >= 11 is 0. The predicted molar refractivity (Wildman–Crippen MR) is 316 cm³/mol. The molecule has 0 aromatic rings. The number of allylic oxidation sites excluding steroid dienone is 22. The van der Waals surface area contributed by atoms with Crippen LogP contribution in [0.2, 0.25) is 0 Å². The van der Waals surface area contributed by atoms with E-state index in [9.17, 15) is 14.4 Å². The largest absolute Gasteiger partial charge is 0.462 e. The Morgan fingerprint density at radius 2 is 0.575 bits per heavy atom. The monoisotopic (exact) mass is 1010 g/mol. The van der Waals surface area contributed by atoms with E-state index in [4.69, 9.17) is 14.2 Å². The third-order valence-corrected chi connectivity index (χ3v) is 12.1. The number of ether oxygens (including phenoxy) is 3. The number of hydrogen-bond donors (Lipinski definition) is 0. The lowest BCUT2D eigenvalue weighted by atomic mass is 10.1. The first-order valence-corrected chi connectivity index (χ1v) is 29.7. The van der Waals surface area contributed by atoms with Gasteiger partial charge in [-0.2, -0.15) is 0 Å². The zero-order valence-corrected chi connectivity index (χ0v) is 47.1. The molecule has 0 fully saturated rings. The maximum Gasteiger partial charge on any atom is 0.306 e. The molecule has 0 bridgehead atoms. The maximum atomic E-state index is 12.9. The highest BCUT2D eigenvalue weighted by molar-refractivity contribution is 5.71. The van der Waals surface area contributed by atoms with Gasteiger partial charge in [-0.05, 0) is 122 Å². The van der Waals surface area contributed by atoms with Gasteiger partial charge in [-0.25, -0.2) is 0 Å². The molecule has 73 heavy (non-hydrogen) atoms. The molecule has 0 aromatic carbocycles. The summed E-state index contributed by atoms with van der Waals surface area (Å²) in [6, 6.07) is 0. The van der Waals surface area contributed by atoms with Crippen molar-refractivity contribution < 1.29 is 28.6 Å². The fraction of sp³-hybridized carbons (Fsp3) is 0.627. The molecule has 0 heterocycles. The van der Waals surface area contributed by atoms with E-state index in [1.165, 1.54) is 116 Å². The standard InChI is InChI=1S/C67H108O6/c1-4-7-10-13-16-19-22-25-28-31-33-36-39-42-45-48-51-54-57-60-66(69)72-63-64(62-71-65(68)59-56-53-50-47-44-41-38-35-30-27-24-21-18-15-12-9-6-3)73-67(70)61-58-55-52-49-46-43-40-37-34-32-29-26-23-20-17-14-11-8-5-2/h7,10,16,18-19,21,25,27-28,30,32-34,36,38,41-42,45,47,50-51,54,64H,4-6,8-9,11-15,17,20,22-24,26,29,31,35,37,39-40,43-44,46,48-49,52-53,55-63H2,1-3H3/b10-7-,19-16-,21-18-,28-25-,30-27-,34-32-,36-33-,41-38-,45-42-,50-47-,54-51-. The van der Waals surface area contributed by atoms with Crippen LogP contribution >= 0.6 is 0 Å². The number of unbranched alkanes of at least 4 members (excludes halogenated alkanes) is 19. The van der Waals surface area contributed by atoms with Crippen LogP contribution in [0.5, 0.6) is 0 Å². The molecule has 0 aliphatic rings. The van der Waals surface area contributed by atoms with Crippen LogP contribution < -0.4 is 0 Å². The topological polar surface area (TPSA) is 78.9 Å². The second-order valence-corrected chi connectivity index (χ2v) is 19.2. The summed E-state index contributed by atoms with van der Waals surface area (Å²) in [5.41, 5.74) is 0. The van der Waals surface area contributed by atoms with Gasteiger partial charge in [0.2, 0.25) is 0 Å². The fourth-order valence-corrected chi connectivity index (χ4v) is 7.69. The molecular formula is C67H108O6. The fourth-order valence-electron chi connectivity index (χ4n) is 7.69. The third-order valence-electron chi connectivity index (χ3n) is 12.1. The van der Waals surface area contributed by atoms with Gasteiger partial charge in [0.15, 0.2) is 6.10 Å². The smallest absolute Gasteiger partial charge is 0.306 e. The molecule has 0 aliphatic carbocycles. The Balaban J connectivity index is 4.59. The molecule has 1 unspecified atom stereocenters. The molecule has 0 aromatic heterocycles. The molecule has 0 radical (unpaired) electrons. The minimum Gasteiger partial charge on any atom is -0.462 e. The highest BCUT2D eigenvalue weighted by Gasteiger charge is 2.19. The summed E-state index contributed by atoms with van der Waals surface area (Å²) in [6.07, 6.45) is 84.6. The first-order valence-electron chi connectivity index (χ1n) is 29.7. The molecule has 1 atom stereocenters. The van der Waals surface area contributed by atoms with Crippen LogP contribution in [0.1, 0.15) is 252 Å². The summed E-state index contributed by atoms with van der Waals surface area (Å²) in [6.45, 7) is 6.38. The lowest BCUT2D eigenvalue weighted by Gasteiger charge is -2.18. The van der Waals surface area contributed by atoms with Gasteiger partial charge >= 0.3 is 17.9 Å². The van der Waals surface area contributed by atoms with Crippen molar-refractivity contribution in [1.29, 1.82) is 0 Å². The van der Waals surface area contributed by atoms with Crippen molar-refractivity contribution in [1.82, 2.24) is 0 Å². The lowest BCUT2D eigenvalue weighted by Crippen LogP contribution is -2.30. The molecule has 0 N–H and O–H groups in total. The molecule has 0 amide bonds. The summed E-state index contributed by atoms with van der Waals surface area (Å²) in [5, 5.41) is 0. The van der Waals surface area contributed by atoms with Crippen molar-refractivity contribution in [2.24, 2.45) is 0 Å². The molecule has 0 aliphatic heterocycles. The number of carbonyl (C=O) groups is 3. The van der Waals surface area contributed by atoms with Crippen molar-refractivity contribution >= 4 is 17.9 Å². The van der Waals surface area contributed by atoms with E-state index in [1.807, 2.05) is 12.2 Å². The van der Waals surface area contributed by atoms with Gasteiger partial charge in [0.1, 0.15) is 13.2 Å². The van der Waals surface area contributed by atoms with Gasteiger partial charge in [-0.3, -0.25) is 14.4 Å². The molecule has 412 valence electrons. The van der Waals surface area contributed by atoms with Gasteiger partial charge in [-0.1, -0.05) is 244 Å². The molecular weight excluding hydrogens is 901 g/mol. The quantitative estimate of drug-likeness (QED) is 0.0261. The van der Waals surface area contributed by atoms with E-state index in [1.54, 1.807) is 0 Å². The summed E-state index contributed by atoms with van der Waals surface area (Å²) in [5.74, 6) is -1.08. The van der Waals surface area contributed by atoms with Gasteiger partial charge < -0.3 is 14.2 Å². The van der Waals surface area contributed by atoms with Crippen LogP contribution in [0.15, 0.2) is 134 Å².